The van der Waals surface area contributed by atoms with Gasteiger partial charge in [0.1, 0.15) is 6.67 Å². The Kier molecular flexibility index (Phi) is 10.9. The van der Waals surface area contributed by atoms with E-state index in [0.717, 1.165) is 37.1 Å². The quantitative estimate of drug-likeness (QED) is 0.164. The third kappa shape index (κ3) is 9.65. The summed E-state index contributed by atoms with van der Waals surface area (Å²) in [6.07, 6.45) is 4.43. The van der Waals surface area contributed by atoms with Crippen LogP contribution in [0.2, 0.25) is 0 Å². The molecule has 3 N–H and O–H groups in total. The van der Waals surface area contributed by atoms with Crippen LogP contribution in [-0.4, -0.2) is 43.8 Å². The Morgan fingerprint density at radius 3 is 2.66 bits per heavy atom. The van der Waals surface area contributed by atoms with Crippen molar-refractivity contribution in [2.45, 2.75) is 33.1 Å². The maximum absolute atomic E-state index is 5.65. The maximum Gasteiger partial charge on any atom is 0.178 e. The number of rotatable bonds is 14. The van der Waals surface area contributed by atoms with E-state index < -0.39 is 0 Å². The van der Waals surface area contributed by atoms with Crippen LogP contribution in [0.5, 0.6) is 0 Å². The summed E-state index contributed by atoms with van der Waals surface area (Å²) in [5, 5.41) is 2.87. The SMILES string of the molecule is C=C(NC)OCCCCN(/C=N\C(=C)C(=C)N)C/N=C(\CC)c1cccc(C)c1. The number of nitrogens with two attached hydrogens (primary N) is 1. The molecule has 0 fully saturated rings. The molecule has 0 aliphatic carbocycles. The maximum atomic E-state index is 5.65. The molecular weight excluding hydrogens is 362 g/mol. The molecule has 0 amide bonds. The Morgan fingerprint density at radius 2 is 2.03 bits per heavy atom. The zero-order valence-corrected chi connectivity index (χ0v) is 18.1. The highest BCUT2D eigenvalue weighted by Gasteiger charge is 2.05. The molecule has 6 nitrogen and oxygen atoms in total. The minimum atomic E-state index is 0.359. The number of nitrogens with one attached hydrogen (secondary N) is 1. The summed E-state index contributed by atoms with van der Waals surface area (Å²) in [5.41, 5.74) is 9.92. The van der Waals surface area contributed by atoms with E-state index in [-0.39, 0.29) is 0 Å². The second-order valence-corrected chi connectivity index (χ2v) is 6.73. The van der Waals surface area contributed by atoms with Crippen molar-refractivity contribution in [1.29, 1.82) is 0 Å². The van der Waals surface area contributed by atoms with Crippen LogP contribution >= 0.6 is 0 Å². The van der Waals surface area contributed by atoms with Crippen LogP contribution in [0.3, 0.4) is 0 Å². The number of hydrogen-bond acceptors (Lipinski definition) is 5. The topological polar surface area (TPSA) is 75.2 Å². The van der Waals surface area contributed by atoms with Crippen molar-refractivity contribution in [2.24, 2.45) is 15.7 Å². The molecular formula is C23H35N5O. The van der Waals surface area contributed by atoms with Gasteiger partial charge in [-0.05, 0) is 38.3 Å². The molecule has 0 radical (unpaired) electrons. The largest absolute Gasteiger partial charge is 0.480 e. The van der Waals surface area contributed by atoms with Crippen LogP contribution in [0.15, 0.2) is 71.3 Å². The highest BCUT2D eigenvalue weighted by molar-refractivity contribution is 6.00. The van der Waals surface area contributed by atoms with Gasteiger partial charge in [0.05, 0.1) is 18.6 Å². The van der Waals surface area contributed by atoms with Gasteiger partial charge in [-0.1, -0.05) is 49.9 Å². The highest BCUT2D eigenvalue weighted by Crippen LogP contribution is 2.09. The van der Waals surface area contributed by atoms with E-state index in [0.29, 0.717) is 30.6 Å². The first-order chi connectivity index (χ1) is 13.9. The fourth-order valence-electron chi connectivity index (χ4n) is 2.49. The average molecular weight is 398 g/mol. The van der Waals surface area contributed by atoms with Crippen LogP contribution in [-0.2, 0) is 4.74 Å². The normalized spacial score (nSPS) is 11.3. The zero-order valence-electron chi connectivity index (χ0n) is 18.1. The van der Waals surface area contributed by atoms with Crippen LogP contribution in [0, 0.1) is 6.92 Å². The lowest BCUT2D eigenvalue weighted by Gasteiger charge is -2.18. The van der Waals surface area contributed by atoms with Gasteiger partial charge in [-0.2, -0.15) is 0 Å². The van der Waals surface area contributed by atoms with Crippen LogP contribution in [0.1, 0.15) is 37.3 Å². The van der Waals surface area contributed by atoms with Crippen molar-refractivity contribution in [3.8, 4) is 0 Å². The number of ether oxygens (including phenoxy) is 1. The van der Waals surface area contributed by atoms with Crippen LogP contribution in [0.25, 0.3) is 0 Å². The average Bonchev–Trinajstić information content (AvgIpc) is 2.70. The minimum absolute atomic E-state index is 0.359. The summed E-state index contributed by atoms with van der Waals surface area (Å²) in [7, 11) is 1.79. The molecule has 158 valence electrons. The molecule has 0 unspecified atom stereocenters. The summed E-state index contributed by atoms with van der Waals surface area (Å²) in [5.74, 6) is 0.580. The Labute approximate surface area is 175 Å². The lowest BCUT2D eigenvalue weighted by molar-refractivity contribution is 0.188. The lowest BCUT2D eigenvalue weighted by atomic mass is 10.1. The number of hydrogen-bond donors (Lipinski definition) is 2. The predicted octanol–water partition coefficient (Wildman–Crippen LogP) is 3.96. The third-order valence-corrected chi connectivity index (χ3v) is 4.27. The first-order valence-electron chi connectivity index (χ1n) is 9.89. The van der Waals surface area contributed by atoms with E-state index in [1.165, 1.54) is 5.56 Å². The van der Waals surface area contributed by atoms with Gasteiger partial charge in [0.25, 0.3) is 0 Å². The van der Waals surface area contributed by atoms with E-state index in [1.807, 2.05) is 4.90 Å². The summed E-state index contributed by atoms with van der Waals surface area (Å²) in [6, 6.07) is 8.41. The summed E-state index contributed by atoms with van der Waals surface area (Å²) < 4.78 is 5.46. The predicted molar refractivity (Wildman–Crippen MR) is 124 cm³/mol. The molecule has 0 atom stereocenters. The van der Waals surface area contributed by atoms with Gasteiger partial charge in [-0.25, -0.2) is 4.99 Å². The first kappa shape index (κ1) is 24.0. The van der Waals surface area contributed by atoms with Crippen LogP contribution < -0.4 is 11.1 Å². The molecule has 1 rings (SSSR count). The smallest absolute Gasteiger partial charge is 0.178 e. The molecule has 0 saturated carbocycles. The van der Waals surface area contributed by atoms with Crippen molar-refractivity contribution in [3.05, 3.63) is 72.4 Å². The molecule has 0 aromatic heterocycles. The Bertz CT molecular complexity index is 751. The number of aliphatic imine (C=N–C) groups is 2. The number of aryl methyl sites for hydroxylation is 1. The van der Waals surface area contributed by atoms with Gasteiger partial charge in [0.15, 0.2) is 5.88 Å². The van der Waals surface area contributed by atoms with Gasteiger partial charge < -0.3 is 20.7 Å². The third-order valence-electron chi connectivity index (χ3n) is 4.27. The Balaban J connectivity index is 2.77. The second-order valence-electron chi connectivity index (χ2n) is 6.73. The lowest BCUT2D eigenvalue weighted by Crippen LogP contribution is -2.25. The van der Waals surface area contributed by atoms with Crippen LogP contribution in [0.4, 0.5) is 0 Å². The van der Waals surface area contributed by atoms with Gasteiger partial charge in [-0.3, -0.25) is 4.99 Å². The monoisotopic (exact) mass is 397 g/mol. The van der Waals surface area contributed by atoms with E-state index in [4.69, 9.17) is 15.5 Å². The first-order valence-corrected chi connectivity index (χ1v) is 9.89. The van der Waals surface area contributed by atoms with Gasteiger partial charge >= 0.3 is 0 Å². The van der Waals surface area contributed by atoms with Crippen molar-refractivity contribution in [1.82, 2.24) is 10.2 Å². The zero-order chi connectivity index (χ0) is 21.6. The fourth-order valence-corrected chi connectivity index (χ4v) is 2.49. The van der Waals surface area contributed by atoms with E-state index in [2.05, 4.69) is 68.2 Å². The molecule has 0 saturated heterocycles. The van der Waals surface area contributed by atoms with Gasteiger partial charge in [-0.15, -0.1) is 0 Å². The van der Waals surface area contributed by atoms with Gasteiger partial charge in [0, 0.05) is 25.0 Å². The van der Waals surface area contributed by atoms with Crippen molar-refractivity contribution >= 4 is 12.1 Å². The number of nitrogens with zero attached hydrogens (tertiary/aromatic N) is 3. The second kappa shape index (κ2) is 13.2. The summed E-state index contributed by atoms with van der Waals surface area (Å²) in [6.45, 7) is 17.3. The fraction of sp³-hybridized carbons (Fsp3) is 0.391. The highest BCUT2D eigenvalue weighted by atomic mass is 16.5. The molecule has 0 bridgehead atoms. The van der Waals surface area contributed by atoms with Crippen molar-refractivity contribution in [2.75, 3.05) is 26.9 Å². The van der Waals surface area contributed by atoms with Gasteiger partial charge in [0.2, 0.25) is 0 Å². The Hall–Kier alpha value is -3.02. The molecule has 6 heteroatoms. The van der Waals surface area contributed by atoms with Crippen molar-refractivity contribution < 1.29 is 4.74 Å². The summed E-state index contributed by atoms with van der Waals surface area (Å²) >= 11 is 0. The number of benzene rings is 1. The Morgan fingerprint density at radius 1 is 1.28 bits per heavy atom. The number of unbranched alkanes of at least 4 members (excludes halogenated alkanes) is 1. The molecule has 0 aliphatic heterocycles. The minimum Gasteiger partial charge on any atom is -0.480 e. The van der Waals surface area contributed by atoms with E-state index in [9.17, 15) is 0 Å². The van der Waals surface area contributed by atoms with E-state index >= 15 is 0 Å². The van der Waals surface area contributed by atoms with Crippen molar-refractivity contribution in [3.63, 3.8) is 0 Å². The molecule has 1 aromatic rings. The standard InChI is InChI=1S/C23H35N5O/c1-7-23(22-12-10-11-18(2)15-22)27-17-28(16-26-20(4)19(3)24)13-8-9-14-29-21(5)25-6/h10-12,15-16,25H,3-5,7-9,13-14,17,24H2,1-2,6H3/b26-16-,27-23+. The molecule has 0 spiro atoms. The molecule has 1 aromatic carbocycles. The van der Waals surface area contributed by atoms with E-state index in [1.54, 1.807) is 13.4 Å². The molecule has 0 aliphatic rings. The summed E-state index contributed by atoms with van der Waals surface area (Å²) in [4.78, 5) is 11.2. The molecule has 0 heterocycles. The molecule has 29 heavy (non-hydrogen) atoms.